The highest BCUT2D eigenvalue weighted by Crippen LogP contribution is 2.04. The van der Waals surface area contributed by atoms with Crippen LogP contribution >= 0.6 is 0 Å². The lowest BCUT2D eigenvalue weighted by atomic mass is 10.1. The van der Waals surface area contributed by atoms with Crippen molar-refractivity contribution >= 4 is 11.8 Å². The van der Waals surface area contributed by atoms with Crippen LogP contribution in [0.15, 0.2) is 24.3 Å². The monoisotopic (exact) mass is 280 g/mol. The van der Waals surface area contributed by atoms with Crippen molar-refractivity contribution in [2.45, 2.75) is 26.1 Å². The smallest absolute Gasteiger partial charge is 0.251 e. The molecule has 0 unspecified atom stereocenters. The summed E-state index contributed by atoms with van der Waals surface area (Å²) in [7, 11) is 0. The number of amides is 2. The van der Waals surface area contributed by atoms with E-state index in [1.54, 1.807) is 13.8 Å². The van der Waals surface area contributed by atoms with E-state index in [1.807, 2.05) is 0 Å². The Morgan fingerprint density at radius 3 is 1.45 bits per heavy atom. The van der Waals surface area contributed by atoms with Crippen LogP contribution in [0.1, 0.15) is 34.6 Å². The van der Waals surface area contributed by atoms with Gasteiger partial charge in [0.15, 0.2) is 0 Å². The van der Waals surface area contributed by atoms with E-state index in [1.165, 1.54) is 24.3 Å². The second-order valence-electron chi connectivity index (χ2n) is 4.70. The largest absolute Gasteiger partial charge is 0.392 e. The lowest BCUT2D eigenvalue weighted by Crippen LogP contribution is -2.31. The van der Waals surface area contributed by atoms with E-state index in [0.717, 1.165) is 0 Å². The zero-order chi connectivity index (χ0) is 15.1. The fourth-order valence-corrected chi connectivity index (χ4v) is 1.46. The van der Waals surface area contributed by atoms with Gasteiger partial charge in [-0.25, -0.2) is 0 Å². The van der Waals surface area contributed by atoms with E-state index in [0.29, 0.717) is 11.1 Å². The maximum absolute atomic E-state index is 11.7. The Kier molecular flexibility index (Phi) is 6.14. The molecule has 4 N–H and O–H groups in total. The molecule has 2 amide bonds. The predicted octanol–water partition coefficient (Wildman–Crippen LogP) is -0.0922. The standard InChI is InChI=1S/C14H20N2O4/c1-9(17)7-15-13(19)11-3-5-12(6-4-11)14(20)16-8-10(2)18/h3-6,9-10,17-18H,7-8H2,1-2H3,(H,15,19)(H,16,20)/t9-,10-/m0/s1. The molecule has 0 aromatic heterocycles. The van der Waals surface area contributed by atoms with Crippen LogP contribution in [0.4, 0.5) is 0 Å². The minimum Gasteiger partial charge on any atom is -0.392 e. The fourth-order valence-electron chi connectivity index (χ4n) is 1.46. The molecule has 0 bridgehead atoms. The van der Waals surface area contributed by atoms with Crippen LogP contribution in [0.5, 0.6) is 0 Å². The summed E-state index contributed by atoms with van der Waals surface area (Å²) in [4.78, 5) is 23.4. The number of hydrogen-bond donors (Lipinski definition) is 4. The Morgan fingerprint density at radius 2 is 1.20 bits per heavy atom. The maximum atomic E-state index is 11.7. The molecule has 0 spiro atoms. The zero-order valence-electron chi connectivity index (χ0n) is 11.6. The summed E-state index contributed by atoms with van der Waals surface area (Å²) in [5.41, 5.74) is 0.829. The molecule has 1 aromatic rings. The highest BCUT2D eigenvalue weighted by atomic mass is 16.3. The van der Waals surface area contributed by atoms with E-state index >= 15 is 0 Å². The Bertz CT molecular complexity index is 412. The van der Waals surface area contributed by atoms with Crippen molar-refractivity contribution < 1.29 is 19.8 Å². The van der Waals surface area contributed by atoms with E-state index in [4.69, 9.17) is 10.2 Å². The second-order valence-corrected chi connectivity index (χ2v) is 4.70. The molecule has 1 rings (SSSR count). The number of rotatable bonds is 6. The third-order valence-corrected chi connectivity index (χ3v) is 2.53. The van der Waals surface area contributed by atoms with Crippen LogP contribution in [0.3, 0.4) is 0 Å². The molecule has 6 heteroatoms. The molecular formula is C14H20N2O4. The molecular weight excluding hydrogens is 260 g/mol. The summed E-state index contributed by atoms with van der Waals surface area (Å²) in [5.74, 6) is -0.608. The lowest BCUT2D eigenvalue weighted by molar-refractivity contribution is 0.0914. The van der Waals surface area contributed by atoms with Gasteiger partial charge in [0.05, 0.1) is 12.2 Å². The molecule has 2 atom stereocenters. The molecule has 20 heavy (non-hydrogen) atoms. The molecule has 110 valence electrons. The third-order valence-electron chi connectivity index (χ3n) is 2.53. The van der Waals surface area contributed by atoms with Crippen molar-refractivity contribution in [1.82, 2.24) is 10.6 Å². The minimum absolute atomic E-state index is 0.176. The summed E-state index contributed by atoms with van der Waals surface area (Å²) < 4.78 is 0. The van der Waals surface area contributed by atoms with Crippen molar-refractivity contribution in [3.63, 3.8) is 0 Å². The zero-order valence-corrected chi connectivity index (χ0v) is 11.6. The first-order valence-corrected chi connectivity index (χ1v) is 6.42. The van der Waals surface area contributed by atoms with Gasteiger partial charge in [0.2, 0.25) is 0 Å². The number of benzene rings is 1. The first-order valence-electron chi connectivity index (χ1n) is 6.42. The Morgan fingerprint density at radius 1 is 0.900 bits per heavy atom. The second kappa shape index (κ2) is 7.62. The molecule has 6 nitrogen and oxygen atoms in total. The summed E-state index contributed by atoms with van der Waals surface area (Å²) in [5, 5.41) is 23.3. The summed E-state index contributed by atoms with van der Waals surface area (Å²) in [6, 6.07) is 6.15. The van der Waals surface area contributed by atoms with E-state index in [2.05, 4.69) is 10.6 Å². The van der Waals surface area contributed by atoms with Crippen LogP contribution in [-0.4, -0.2) is 47.3 Å². The van der Waals surface area contributed by atoms with E-state index in [9.17, 15) is 9.59 Å². The van der Waals surface area contributed by atoms with Gasteiger partial charge in [-0.1, -0.05) is 0 Å². The highest BCUT2D eigenvalue weighted by Gasteiger charge is 2.09. The number of carbonyl (C=O) groups is 2. The van der Waals surface area contributed by atoms with E-state index < -0.39 is 12.2 Å². The van der Waals surface area contributed by atoms with Gasteiger partial charge in [-0.2, -0.15) is 0 Å². The maximum Gasteiger partial charge on any atom is 0.251 e. The van der Waals surface area contributed by atoms with Gasteiger partial charge in [-0.05, 0) is 38.1 Å². The van der Waals surface area contributed by atoms with Crippen LogP contribution in [0, 0.1) is 0 Å². The first kappa shape index (κ1) is 16.1. The van der Waals surface area contributed by atoms with Crippen LogP contribution in [0.25, 0.3) is 0 Å². The average molecular weight is 280 g/mol. The molecule has 0 aliphatic carbocycles. The SMILES string of the molecule is C[C@H](O)CNC(=O)c1ccc(C(=O)NC[C@H](C)O)cc1. The Hall–Kier alpha value is -1.92. The number of aliphatic hydroxyl groups is 2. The van der Waals surface area contributed by atoms with Crippen molar-refractivity contribution in [1.29, 1.82) is 0 Å². The van der Waals surface area contributed by atoms with E-state index in [-0.39, 0.29) is 24.9 Å². The van der Waals surface area contributed by atoms with Gasteiger partial charge in [0, 0.05) is 24.2 Å². The van der Waals surface area contributed by atoms with Crippen molar-refractivity contribution in [2.24, 2.45) is 0 Å². The van der Waals surface area contributed by atoms with Gasteiger partial charge >= 0.3 is 0 Å². The molecule has 0 aliphatic rings. The topological polar surface area (TPSA) is 98.7 Å². The summed E-state index contributed by atoms with van der Waals surface area (Å²) >= 11 is 0. The van der Waals surface area contributed by atoms with Crippen molar-refractivity contribution in [2.75, 3.05) is 13.1 Å². The lowest BCUT2D eigenvalue weighted by Gasteiger charge is -2.09. The summed E-state index contributed by atoms with van der Waals surface area (Å²) in [6.45, 7) is 3.51. The molecule has 0 heterocycles. The summed E-state index contributed by atoms with van der Waals surface area (Å²) in [6.07, 6.45) is -1.21. The van der Waals surface area contributed by atoms with Gasteiger partial charge in [-0.15, -0.1) is 0 Å². The van der Waals surface area contributed by atoms with Crippen molar-refractivity contribution in [3.8, 4) is 0 Å². The number of aliphatic hydroxyl groups excluding tert-OH is 2. The van der Waals surface area contributed by atoms with Crippen LogP contribution in [0.2, 0.25) is 0 Å². The Labute approximate surface area is 117 Å². The van der Waals surface area contributed by atoms with Gasteiger partial charge < -0.3 is 20.8 Å². The Balaban J connectivity index is 2.59. The minimum atomic E-state index is -0.607. The molecule has 0 saturated heterocycles. The number of nitrogens with one attached hydrogen (secondary N) is 2. The quantitative estimate of drug-likeness (QED) is 0.585. The average Bonchev–Trinajstić information content (AvgIpc) is 2.42. The normalized spacial score (nSPS) is 13.4. The molecule has 0 radical (unpaired) electrons. The molecule has 0 aliphatic heterocycles. The van der Waals surface area contributed by atoms with Gasteiger partial charge in [-0.3, -0.25) is 9.59 Å². The van der Waals surface area contributed by atoms with Crippen LogP contribution < -0.4 is 10.6 Å². The van der Waals surface area contributed by atoms with Gasteiger partial charge in [0.25, 0.3) is 11.8 Å². The van der Waals surface area contributed by atoms with Crippen molar-refractivity contribution in [3.05, 3.63) is 35.4 Å². The van der Waals surface area contributed by atoms with Gasteiger partial charge in [0.1, 0.15) is 0 Å². The third kappa shape index (κ3) is 5.38. The number of hydrogen-bond acceptors (Lipinski definition) is 4. The molecule has 0 saturated carbocycles. The van der Waals surface area contributed by atoms with Crippen LogP contribution in [-0.2, 0) is 0 Å². The fraction of sp³-hybridized carbons (Fsp3) is 0.429. The molecule has 0 fully saturated rings. The molecule has 1 aromatic carbocycles. The highest BCUT2D eigenvalue weighted by molar-refractivity contribution is 5.97. The predicted molar refractivity (Wildman–Crippen MR) is 74.5 cm³/mol. The first-order chi connectivity index (χ1) is 9.40. The number of carbonyl (C=O) groups excluding carboxylic acids is 2.